The fourth-order valence-corrected chi connectivity index (χ4v) is 4.94. The molecule has 0 unspecified atom stereocenters. The number of nitrogens with two attached hydrogens (primary N) is 1. The number of hydrogen-bond donors (Lipinski definition) is 2. The summed E-state index contributed by atoms with van der Waals surface area (Å²) >= 11 is 0. The van der Waals surface area contributed by atoms with Gasteiger partial charge in [0.25, 0.3) is 0 Å². The van der Waals surface area contributed by atoms with Crippen molar-refractivity contribution < 1.29 is 23.8 Å². The summed E-state index contributed by atoms with van der Waals surface area (Å²) in [5, 5.41) is 10.5. The molecule has 2 fully saturated rings. The van der Waals surface area contributed by atoms with Crippen molar-refractivity contribution in [2.24, 2.45) is 11.8 Å². The van der Waals surface area contributed by atoms with Crippen LogP contribution in [0.25, 0.3) is 0 Å². The highest BCUT2D eigenvalue weighted by Crippen LogP contribution is 2.30. The maximum absolute atomic E-state index is 13.1. The van der Waals surface area contributed by atoms with Crippen molar-refractivity contribution in [1.82, 2.24) is 9.80 Å². The van der Waals surface area contributed by atoms with Crippen molar-refractivity contribution in [3.8, 4) is 5.75 Å². The third kappa shape index (κ3) is 6.29. The lowest BCUT2D eigenvalue weighted by molar-refractivity contribution is -0.123. The molecule has 1 heterocycles. The predicted molar refractivity (Wildman–Crippen MR) is 130 cm³/mol. The molecule has 0 radical (unpaired) electrons. The molecule has 0 bridgehead atoms. The maximum atomic E-state index is 13.1. The molecule has 3 N–H and O–H groups in total. The number of halogens is 1. The van der Waals surface area contributed by atoms with Crippen LogP contribution in [0.4, 0.5) is 14.9 Å². The SMILES string of the molecule is C[C@H]1CN(Cc2ccc(N(N)C(=O)C3CCC(Oc4ccc(F)cc4)CC3)cc2)CCN1C(=O)O. The Labute approximate surface area is 205 Å². The van der Waals surface area contributed by atoms with Crippen LogP contribution in [0.3, 0.4) is 0 Å². The molecular formula is C26H33FN4O4. The van der Waals surface area contributed by atoms with E-state index in [2.05, 4.69) is 4.90 Å². The van der Waals surface area contributed by atoms with Gasteiger partial charge in [-0.25, -0.2) is 20.0 Å². The number of piperazine rings is 1. The summed E-state index contributed by atoms with van der Waals surface area (Å²) in [4.78, 5) is 27.9. The molecule has 4 rings (SSSR count). The summed E-state index contributed by atoms with van der Waals surface area (Å²) < 4.78 is 19.0. The van der Waals surface area contributed by atoms with Crippen molar-refractivity contribution in [1.29, 1.82) is 0 Å². The number of carboxylic acid groups (broad SMARTS) is 1. The molecule has 9 heteroatoms. The van der Waals surface area contributed by atoms with E-state index >= 15 is 0 Å². The van der Waals surface area contributed by atoms with Gasteiger partial charge in [0.15, 0.2) is 0 Å². The average molecular weight is 485 g/mol. The van der Waals surface area contributed by atoms with Gasteiger partial charge in [0.2, 0.25) is 5.91 Å². The molecule has 2 aromatic carbocycles. The Morgan fingerprint density at radius 3 is 2.31 bits per heavy atom. The van der Waals surface area contributed by atoms with Crippen molar-refractivity contribution in [3.63, 3.8) is 0 Å². The molecular weight excluding hydrogens is 451 g/mol. The standard InChI is InChI=1S/C26H33FN4O4/c1-18-16-29(14-15-30(18)26(33)34)17-19-2-8-22(9-3-19)31(28)25(32)20-4-10-23(11-5-20)35-24-12-6-21(27)7-13-24/h2-3,6-9,12-13,18,20,23H,4-5,10-11,14-17,28H2,1H3,(H,33,34)/t18-,20?,23?/m0/s1. The number of ether oxygens (including phenoxy) is 1. The molecule has 2 aliphatic rings. The van der Waals surface area contributed by atoms with Crippen LogP contribution in [0, 0.1) is 11.7 Å². The number of nitrogens with zero attached hydrogens (tertiary/aromatic N) is 3. The minimum atomic E-state index is -0.872. The Bertz CT molecular complexity index is 1010. The van der Waals surface area contributed by atoms with Crippen LogP contribution < -0.4 is 15.6 Å². The van der Waals surface area contributed by atoms with E-state index in [-0.39, 0.29) is 29.8 Å². The minimum absolute atomic E-state index is 0.00935. The van der Waals surface area contributed by atoms with Crippen LogP contribution in [0.5, 0.6) is 5.75 Å². The fourth-order valence-electron chi connectivity index (χ4n) is 4.94. The van der Waals surface area contributed by atoms with Gasteiger partial charge in [-0.2, -0.15) is 0 Å². The lowest BCUT2D eigenvalue weighted by Gasteiger charge is -2.38. The second-order valence-electron chi connectivity index (χ2n) is 9.48. The monoisotopic (exact) mass is 484 g/mol. The highest BCUT2D eigenvalue weighted by Gasteiger charge is 2.30. The van der Waals surface area contributed by atoms with E-state index in [9.17, 15) is 19.1 Å². The van der Waals surface area contributed by atoms with Gasteiger partial charge in [-0.05, 0) is 74.6 Å². The van der Waals surface area contributed by atoms with Crippen LogP contribution in [0.15, 0.2) is 48.5 Å². The summed E-state index contributed by atoms with van der Waals surface area (Å²) in [6.45, 7) is 4.51. The number of hydrazine groups is 1. The number of anilines is 1. The van der Waals surface area contributed by atoms with Crippen LogP contribution in [-0.2, 0) is 11.3 Å². The second kappa shape index (κ2) is 11.0. The Kier molecular flexibility index (Phi) is 7.87. The van der Waals surface area contributed by atoms with E-state index in [1.807, 2.05) is 31.2 Å². The zero-order valence-electron chi connectivity index (χ0n) is 20.0. The average Bonchev–Trinajstić information content (AvgIpc) is 2.85. The number of rotatable bonds is 6. The smallest absolute Gasteiger partial charge is 0.407 e. The summed E-state index contributed by atoms with van der Waals surface area (Å²) in [6, 6.07) is 13.6. The van der Waals surface area contributed by atoms with Crippen molar-refractivity contribution in [2.45, 2.75) is 51.3 Å². The van der Waals surface area contributed by atoms with Gasteiger partial charge >= 0.3 is 6.09 Å². The normalized spacial score (nSPS) is 23.1. The second-order valence-corrected chi connectivity index (χ2v) is 9.48. The fraction of sp³-hybridized carbons (Fsp3) is 0.462. The highest BCUT2D eigenvalue weighted by molar-refractivity contribution is 5.93. The quantitative estimate of drug-likeness (QED) is 0.367. The van der Waals surface area contributed by atoms with Crippen molar-refractivity contribution in [2.75, 3.05) is 24.6 Å². The molecule has 188 valence electrons. The van der Waals surface area contributed by atoms with E-state index in [0.29, 0.717) is 50.5 Å². The van der Waals surface area contributed by atoms with Crippen LogP contribution in [0.2, 0.25) is 0 Å². The van der Waals surface area contributed by atoms with Gasteiger partial charge in [0.1, 0.15) is 11.6 Å². The first-order valence-corrected chi connectivity index (χ1v) is 12.1. The number of carbonyl (C=O) groups excluding carboxylic acids is 1. The summed E-state index contributed by atoms with van der Waals surface area (Å²) in [6.07, 6.45) is 2.01. The maximum Gasteiger partial charge on any atom is 0.407 e. The molecule has 1 aliphatic carbocycles. The molecule has 1 saturated carbocycles. The van der Waals surface area contributed by atoms with Gasteiger partial charge in [-0.1, -0.05) is 12.1 Å². The molecule has 8 nitrogen and oxygen atoms in total. The molecule has 1 aliphatic heterocycles. The number of benzene rings is 2. The molecule has 1 saturated heterocycles. The lowest BCUT2D eigenvalue weighted by Crippen LogP contribution is -2.53. The Hall–Kier alpha value is -3.17. The van der Waals surface area contributed by atoms with Crippen LogP contribution in [-0.4, -0.2) is 58.7 Å². The van der Waals surface area contributed by atoms with Gasteiger partial charge in [-0.3, -0.25) is 9.69 Å². The molecule has 35 heavy (non-hydrogen) atoms. The Morgan fingerprint density at radius 1 is 1.06 bits per heavy atom. The third-order valence-corrected chi connectivity index (χ3v) is 6.96. The molecule has 0 spiro atoms. The van der Waals surface area contributed by atoms with E-state index in [0.717, 1.165) is 18.4 Å². The zero-order chi connectivity index (χ0) is 24.9. The molecule has 2 amide bonds. The molecule has 1 atom stereocenters. The van der Waals surface area contributed by atoms with Crippen LogP contribution >= 0.6 is 0 Å². The van der Waals surface area contributed by atoms with E-state index in [4.69, 9.17) is 10.6 Å². The van der Waals surface area contributed by atoms with Gasteiger partial charge in [0.05, 0.1) is 11.8 Å². The van der Waals surface area contributed by atoms with Crippen LogP contribution in [0.1, 0.15) is 38.2 Å². The predicted octanol–water partition coefficient (Wildman–Crippen LogP) is 3.85. The number of carbonyl (C=O) groups is 2. The first-order chi connectivity index (χ1) is 16.8. The lowest BCUT2D eigenvalue weighted by atomic mass is 9.86. The first-order valence-electron chi connectivity index (χ1n) is 12.1. The van der Waals surface area contributed by atoms with E-state index in [1.165, 1.54) is 22.0 Å². The summed E-state index contributed by atoms with van der Waals surface area (Å²) in [7, 11) is 0. The molecule has 2 aromatic rings. The number of hydrogen-bond acceptors (Lipinski definition) is 5. The minimum Gasteiger partial charge on any atom is -0.490 e. The highest BCUT2D eigenvalue weighted by atomic mass is 19.1. The van der Waals surface area contributed by atoms with Gasteiger partial charge in [0, 0.05) is 38.1 Å². The zero-order valence-corrected chi connectivity index (χ0v) is 20.0. The summed E-state index contributed by atoms with van der Waals surface area (Å²) in [5.41, 5.74) is 1.73. The topological polar surface area (TPSA) is 99.3 Å². The summed E-state index contributed by atoms with van der Waals surface area (Å²) in [5.74, 6) is 6.27. The van der Waals surface area contributed by atoms with E-state index in [1.54, 1.807) is 12.1 Å². The third-order valence-electron chi connectivity index (χ3n) is 6.96. The largest absolute Gasteiger partial charge is 0.490 e. The van der Waals surface area contributed by atoms with Gasteiger partial charge < -0.3 is 14.7 Å². The van der Waals surface area contributed by atoms with Crippen molar-refractivity contribution in [3.05, 3.63) is 59.9 Å². The van der Waals surface area contributed by atoms with Crippen molar-refractivity contribution >= 4 is 17.7 Å². The van der Waals surface area contributed by atoms with Gasteiger partial charge in [-0.15, -0.1) is 0 Å². The van der Waals surface area contributed by atoms with E-state index < -0.39 is 6.09 Å². The first kappa shape index (κ1) is 24.9. The molecule has 0 aromatic heterocycles. The Morgan fingerprint density at radius 2 is 1.71 bits per heavy atom. The Balaban J connectivity index is 1.25. The number of amides is 2.